The predicted octanol–water partition coefficient (Wildman–Crippen LogP) is 1.61. The molecule has 2 atom stereocenters. The Labute approximate surface area is 149 Å². The average molecular weight is 358 g/mol. The van der Waals surface area contributed by atoms with Gasteiger partial charge in [0.1, 0.15) is 18.2 Å². The lowest BCUT2D eigenvalue weighted by Gasteiger charge is -2.26. The standard InChI is InChI=1S/C17H18N4O5/c1-26-17(23)12-8-5-9-20(12)16(22)14(11-6-3-2-4-7-11)15-18-10-13(19-15)21(24)25/h2-4,6-7,10,12,14H,5,8-9H2,1H3,(H,18,19)/t12-,14?/m0/s1. The lowest BCUT2D eigenvalue weighted by molar-refractivity contribution is -0.389. The highest BCUT2D eigenvalue weighted by molar-refractivity contribution is 5.91. The van der Waals surface area contributed by atoms with Crippen LogP contribution in [0.3, 0.4) is 0 Å². The van der Waals surface area contributed by atoms with Crippen molar-refractivity contribution in [1.82, 2.24) is 14.9 Å². The van der Waals surface area contributed by atoms with Crippen molar-refractivity contribution < 1.29 is 19.2 Å². The van der Waals surface area contributed by atoms with E-state index >= 15 is 0 Å². The summed E-state index contributed by atoms with van der Waals surface area (Å²) in [6.07, 6.45) is 2.30. The summed E-state index contributed by atoms with van der Waals surface area (Å²) in [5.41, 5.74) is 0.636. The molecular weight excluding hydrogens is 340 g/mol. The largest absolute Gasteiger partial charge is 0.467 e. The number of methoxy groups -OCH3 is 1. The summed E-state index contributed by atoms with van der Waals surface area (Å²) in [4.78, 5) is 43.7. The van der Waals surface area contributed by atoms with Crippen molar-refractivity contribution in [2.24, 2.45) is 0 Å². The van der Waals surface area contributed by atoms with E-state index in [1.54, 1.807) is 24.3 Å². The van der Waals surface area contributed by atoms with Gasteiger partial charge < -0.3 is 19.8 Å². The van der Waals surface area contributed by atoms with Crippen LogP contribution in [0.15, 0.2) is 36.5 Å². The first-order valence-electron chi connectivity index (χ1n) is 8.15. The van der Waals surface area contributed by atoms with Crippen molar-refractivity contribution in [3.05, 3.63) is 58.0 Å². The number of nitrogens with zero attached hydrogens (tertiary/aromatic N) is 3. The molecular formula is C17H18N4O5. The van der Waals surface area contributed by atoms with Crippen molar-refractivity contribution in [2.45, 2.75) is 24.8 Å². The van der Waals surface area contributed by atoms with E-state index in [0.717, 1.165) is 6.20 Å². The van der Waals surface area contributed by atoms with Gasteiger partial charge in [-0.1, -0.05) is 30.3 Å². The summed E-state index contributed by atoms with van der Waals surface area (Å²) in [7, 11) is 1.29. The number of amides is 1. The molecule has 3 rings (SSSR count). The number of imidazole rings is 1. The zero-order chi connectivity index (χ0) is 18.7. The van der Waals surface area contributed by atoms with Crippen molar-refractivity contribution in [1.29, 1.82) is 0 Å². The molecule has 1 aliphatic rings. The molecule has 9 nitrogen and oxygen atoms in total. The SMILES string of the molecule is COC(=O)[C@@H]1CCCN1C(=O)C(c1ccccc1)c1ncc([N+](=O)[O-])[nH]1. The molecule has 1 unspecified atom stereocenters. The number of benzene rings is 1. The third-order valence-electron chi connectivity index (χ3n) is 4.44. The molecule has 1 N–H and O–H groups in total. The molecule has 0 aliphatic carbocycles. The second-order valence-corrected chi connectivity index (χ2v) is 5.97. The number of esters is 1. The van der Waals surface area contributed by atoms with E-state index in [9.17, 15) is 19.7 Å². The number of aromatic amines is 1. The maximum atomic E-state index is 13.2. The van der Waals surface area contributed by atoms with E-state index in [1.807, 2.05) is 6.07 Å². The van der Waals surface area contributed by atoms with Crippen molar-refractivity contribution in [3.63, 3.8) is 0 Å². The maximum absolute atomic E-state index is 13.2. The number of H-pyrrole nitrogens is 1. The molecule has 1 fully saturated rings. The molecule has 0 spiro atoms. The highest BCUT2D eigenvalue weighted by Crippen LogP contribution is 2.30. The van der Waals surface area contributed by atoms with Crippen LogP contribution in [0, 0.1) is 10.1 Å². The fraction of sp³-hybridized carbons (Fsp3) is 0.353. The Morgan fingerprint density at radius 3 is 2.73 bits per heavy atom. The first-order chi connectivity index (χ1) is 12.5. The predicted molar refractivity (Wildman–Crippen MR) is 90.3 cm³/mol. The molecule has 1 saturated heterocycles. The topological polar surface area (TPSA) is 118 Å². The highest BCUT2D eigenvalue weighted by atomic mass is 16.6. The van der Waals surface area contributed by atoms with Gasteiger partial charge in [-0.25, -0.2) is 14.8 Å². The quantitative estimate of drug-likeness (QED) is 0.493. The average Bonchev–Trinajstić information content (AvgIpc) is 3.32. The van der Waals surface area contributed by atoms with E-state index in [0.29, 0.717) is 24.9 Å². The van der Waals surface area contributed by atoms with Gasteiger partial charge in [-0.2, -0.15) is 0 Å². The van der Waals surface area contributed by atoms with Crippen LogP contribution in [0.1, 0.15) is 30.1 Å². The monoisotopic (exact) mass is 358 g/mol. The van der Waals surface area contributed by atoms with Crippen molar-refractivity contribution in [2.75, 3.05) is 13.7 Å². The molecule has 2 heterocycles. The first kappa shape index (κ1) is 17.6. The number of aromatic nitrogens is 2. The fourth-order valence-electron chi connectivity index (χ4n) is 3.21. The molecule has 136 valence electrons. The number of hydrogen-bond acceptors (Lipinski definition) is 6. The maximum Gasteiger partial charge on any atom is 0.340 e. The van der Waals surface area contributed by atoms with Gasteiger partial charge in [-0.05, 0) is 23.3 Å². The summed E-state index contributed by atoms with van der Waals surface area (Å²) in [6.45, 7) is 0.421. The Kier molecular flexibility index (Phi) is 4.97. The Morgan fingerprint density at radius 1 is 1.38 bits per heavy atom. The van der Waals surface area contributed by atoms with Crippen molar-refractivity contribution >= 4 is 17.7 Å². The fourth-order valence-corrected chi connectivity index (χ4v) is 3.21. The van der Waals surface area contributed by atoms with E-state index in [4.69, 9.17) is 4.74 Å². The number of nitro groups is 1. The van der Waals surface area contributed by atoms with Crippen LogP contribution >= 0.6 is 0 Å². The third-order valence-corrected chi connectivity index (χ3v) is 4.44. The van der Waals surface area contributed by atoms with Crippen LogP contribution < -0.4 is 0 Å². The molecule has 26 heavy (non-hydrogen) atoms. The lowest BCUT2D eigenvalue weighted by Crippen LogP contribution is -2.43. The molecule has 1 aromatic heterocycles. The van der Waals surface area contributed by atoms with Gasteiger partial charge in [-0.15, -0.1) is 0 Å². The zero-order valence-corrected chi connectivity index (χ0v) is 14.1. The van der Waals surface area contributed by atoms with E-state index < -0.39 is 22.9 Å². The summed E-state index contributed by atoms with van der Waals surface area (Å²) < 4.78 is 4.80. The molecule has 0 saturated carbocycles. The van der Waals surface area contributed by atoms with Gasteiger partial charge in [-0.3, -0.25) is 4.79 Å². The summed E-state index contributed by atoms with van der Waals surface area (Å²) >= 11 is 0. The molecule has 1 aromatic carbocycles. The number of hydrogen-bond donors (Lipinski definition) is 1. The molecule has 1 aliphatic heterocycles. The number of carbonyl (C=O) groups is 2. The van der Waals surface area contributed by atoms with Crippen LogP contribution in [0.5, 0.6) is 0 Å². The van der Waals surface area contributed by atoms with Crippen LogP contribution in [-0.2, 0) is 14.3 Å². The summed E-state index contributed by atoms with van der Waals surface area (Å²) in [5, 5.41) is 11.0. The molecule has 9 heteroatoms. The zero-order valence-electron chi connectivity index (χ0n) is 14.1. The van der Waals surface area contributed by atoms with E-state index in [-0.39, 0.29) is 17.5 Å². The van der Waals surface area contributed by atoms with Gasteiger partial charge >= 0.3 is 11.8 Å². The van der Waals surface area contributed by atoms with Crippen LogP contribution in [0.2, 0.25) is 0 Å². The molecule has 0 bridgehead atoms. The normalized spacial score (nSPS) is 17.7. The number of likely N-dealkylation sites (tertiary alicyclic amines) is 1. The Bertz CT molecular complexity index is 820. The Morgan fingerprint density at radius 2 is 2.12 bits per heavy atom. The second kappa shape index (κ2) is 7.34. The summed E-state index contributed by atoms with van der Waals surface area (Å²) in [5.74, 6) is -1.79. The van der Waals surface area contributed by atoms with Gasteiger partial charge in [0, 0.05) is 6.54 Å². The van der Waals surface area contributed by atoms with E-state index in [1.165, 1.54) is 12.0 Å². The molecule has 2 aromatic rings. The molecule has 1 amide bonds. The Balaban J connectivity index is 1.99. The number of rotatable bonds is 5. The lowest BCUT2D eigenvalue weighted by atomic mass is 9.96. The minimum atomic E-state index is -0.866. The number of ether oxygens (including phenoxy) is 1. The number of carbonyl (C=O) groups excluding carboxylic acids is 2. The van der Waals surface area contributed by atoms with Gasteiger partial charge in [0.15, 0.2) is 0 Å². The van der Waals surface area contributed by atoms with Crippen molar-refractivity contribution in [3.8, 4) is 0 Å². The van der Waals surface area contributed by atoms with Gasteiger partial charge in [0.25, 0.3) is 0 Å². The highest BCUT2D eigenvalue weighted by Gasteiger charge is 2.40. The second-order valence-electron chi connectivity index (χ2n) is 5.97. The van der Waals surface area contributed by atoms with E-state index in [2.05, 4.69) is 9.97 Å². The first-order valence-corrected chi connectivity index (χ1v) is 8.15. The van der Waals surface area contributed by atoms with Crippen LogP contribution in [0.4, 0.5) is 5.82 Å². The van der Waals surface area contributed by atoms with Gasteiger partial charge in [0.2, 0.25) is 11.7 Å². The minimum absolute atomic E-state index is 0.170. The van der Waals surface area contributed by atoms with Crippen LogP contribution in [-0.4, -0.2) is 51.4 Å². The van der Waals surface area contributed by atoms with Crippen LogP contribution in [0.25, 0.3) is 0 Å². The number of nitrogens with one attached hydrogen (secondary N) is 1. The molecule has 0 radical (unpaired) electrons. The van der Waals surface area contributed by atoms with Gasteiger partial charge in [0.05, 0.1) is 7.11 Å². The minimum Gasteiger partial charge on any atom is -0.467 e. The smallest absolute Gasteiger partial charge is 0.340 e. The Hall–Kier alpha value is -3.23. The third kappa shape index (κ3) is 3.28. The summed E-state index contributed by atoms with van der Waals surface area (Å²) in [6, 6.07) is 8.20.